The number of urea groups is 1. The van der Waals surface area contributed by atoms with Crippen molar-refractivity contribution < 1.29 is 14.4 Å². The van der Waals surface area contributed by atoms with Gasteiger partial charge in [0.05, 0.1) is 11.9 Å². The lowest BCUT2D eigenvalue weighted by molar-refractivity contribution is -0.117. The van der Waals surface area contributed by atoms with Crippen LogP contribution < -0.4 is 10.2 Å². The normalized spacial score (nSPS) is 13.5. The van der Waals surface area contributed by atoms with Crippen LogP contribution in [-0.4, -0.2) is 46.1 Å². The molecule has 8 heteroatoms. The summed E-state index contributed by atoms with van der Waals surface area (Å²) in [6.07, 6.45) is 3.63. The highest BCUT2D eigenvalue weighted by molar-refractivity contribution is 6.12. The van der Waals surface area contributed by atoms with E-state index >= 15 is 0 Å². The number of carbonyl (C=O) groups is 3. The highest BCUT2D eigenvalue weighted by Gasteiger charge is 2.28. The molecular weight excluding hydrogens is 370 g/mol. The summed E-state index contributed by atoms with van der Waals surface area (Å²) >= 11 is 0. The van der Waals surface area contributed by atoms with Gasteiger partial charge in [0.1, 0.15) is 6.54 Å². The van der Waals surface area contributed by atoms with Crippen molar-refractivity contribution in [2.24, 2.45) is 0 Å². The van der Waals surface area contributed by atoms with Crippen LogP contribution in [0.1, 0.15) is 15.9 Å². The van der Waals surface area contributed by atoms with Gasteiger partial charge in [0.2, 0.25) is 5.91 Å². The third-order valence-electron chi connectivity index (χ3n) is 4.64. The monoisotopic (exact) mass is 389 g/mol. The summed E-state index contributed by atoms with van der Waals surface area (Å²) in [6, 6.07) is 15.9. The maximum absolute atomic E-state index is 12.7. The van der Waals surface area contributed by atoms with Crippen LogP contribution in [0.3, 0.4) is 0 Å². The first-order chi connectivity index (χ1) is 14.0. The number of carbonyl (C=O) groups excluding carboxylic acids is 3. The van der Waals surface area contributed by atoms with Crippen LogP contribution in [0.25, 0.3) is 5.69 Å². The largest absolute Gasteiger partial charge is 0.337 e. The first kappa shape index (κ1) is 18.4. The number of hydrogen-bond donors (Lipinski definition) is 1. The molecule has 8 nitrogen and oxygen atoms in total. The van der Waals surface area contributed by atoms with Gasteiger partial charge in [-0.2, -0.15) is 5.10 Å². The highest BCUT2D eigenvalue weighted by Crippen LogP contribution is 2.19. The smallest absolute Gasteiger partial charge is 0.329 e. The third-order valence-corrected chi connectivity index (χ3v) is 4.64. The molecule has 4 rings (SSSR count). The highest BCUT2D eigenvalue weighted by atomic mass is 16.2. The fourth-order valence-corrected chi connectivity index (χ4v) is 3.16. The standard InChI is InChI=1S/C21H19N5O3/c1-24(12-15-11-22-26(13-15)18-5-3-2-4-6-18)20(28)16-7-9-17(10-8-16)25-14-19(27)23-21(25)29/h2-11,13H,12,14H2,1H3,(H,23,27,29). The molecule has 29 heavy (non-hydrogen) atoms. The van der Waals surface area contributed by atoms with Crippen molar-refractivity contribution in [1.29, 1.82) is 0 Å². The summed E-state index contributed by atoms with van der Waals surface area (Å²) in [5.74, 6) is -0.489. The Morgan fingerprint density at radius 3 is 2.45 bits per heavy atom. The predicted molar refractivity (Wildman–Crippen MR) is 107 cm³/mol. The summed E-state index contributed by atoms with van der Waals surface area (Å²) in [5, 5.41) is 6.58. The second kappa shape index (κ2) is 7.59. The molecule has 2 aromatic carbocycles. The number of amides is 4. The molecule has 0 aliphatic carbocycles. The van der Waals surface area contributed by atoms with Gasteiger partial charge in [-0.3, -0.25) is 19.8 Å². The Balaban J connectivity index is 1.42. The SMILES string of the molecule is CN(Cc1cnn(-c2ccccc2)c1)C(=O)c1ccc(N2CC(=O)NC2=O)cc1. The molecule has 0 unspecified atom stereocenters. The van der Waals surface area contributed by atoms with Gasteiger partial charge in [0, 0.05) is 36.6 Å². The summed E-state index contributed by atoms with van der Waals surface area (Å²) in [4.78, 5) is 38.7. The van der Waals surface area contributed by atoms with Crippen molar-refractivity contribution in [3.63, 3.8) is 0 Å². The average molecular weight is 389 g/mol. The van der Waals surface area contributed by atoms with Gasteiger partial charge in [0.15, 0.2) is 0 Å². The van der Waals surface area contributed by atoms with Gasteiger partial charge in [-0.1, -0.05) is 18.2 Å². The zero-order valence-corrected chi connectivity index (χ0v) is 15.8. The van der Waals surface area contributed by atoms with Crippen LogP contribution in [0.4, 0.5) is 10.5 Å². The topological polar surface area (TPSA) is 87.5 Å². The van der Waals surface area contributed by atoms with Crippen molar-refractivity contribution in [3.8, 4) is 5.69 Å². The predicted octanol–water partition coefficient (Wildman–Crippen LogP) is 2.20. The fraction of sp³-hybridized carbons (Fsp3) is 0.143. The lowest BCUT2D eigenvalue weighted by Crippen LogP contribution is -2.28. The van der Waals surface area contributed by atoms with Gasteiger partial charge in [-0.15, -0.1) is 0 Å². The lowest BCUT2D eigenvalue weighted by atomic mass is 10.1. The van der Waals surface area contributed by atoms with Crippen LogP contribution in [0.15, 0.2) is 67.0 Å². The van der Waals surface area contributed by atoms with E-state index in [2.05, 4.69) is 10.4 Å². The molecule has 146 valence electrons. The molecular formula is C21H19N5O3. The Bertz CT molecular complexity index is 1060. The van der Waals surface area contributed by atoms with Gasteiger partial charge < -0.3 is 4.90 Å². The van der Waals surface area contributed by atoms with Gasteiger partial charge >= 0.3 is 6.03 Å². The second-order valence-corrected chi connectivity index (χ2v) is 6.78. The van der Waals surface area contributed by atoms with Crippen LogP contribution in [0.5, 0.6) is 0 Å². The summed E-state index contributed by atoms with van der Waals surface area (Å²) in [6.45, 7) is 0.397. The van der Waals surface area contributed by atoms with Crippen molar-refractivity contribution in [1.82, 2.24) is 20.0 Å². The number of rotatable bonds is 5. The van der Waals surface area contributed by atoms with E-state index in [9.17, 15) is 14.4 Å². The Labute approximate surface area is 167 Å². The minimum absolute atomic E-state index is 0.0164. The molecule has 3 aromatic rings. The number of nitrogens with one attached hydrogen (secondary N) is 1. The minimum atomic E-state index is -0.457. The van der Waals surface area contributed by atoms with Crippen LogP contribution >= 0.6 is 0 Å². The summed E-state index contributed by atoms with van der Waals surface area (Å²) in [5.41, 5.74) is 2.93. The first-order valence-electron chi connectivity index (χ1n) is 9.07. The molecule has 1 aliphatic rings. The molecule has 0 saturated carbocycles. The number of aromatic nitrogens is 2. The number of hydrogen-bond acceptors (Lipinski definition) is 4. The van der Waals surface area contributed by atoms with E-state index in [0.717, 1.165) is 11.3 Å². The van der Waals surface area contributed by atoms with Crippen LogP contribution in [0.2, 0.25) is 0 Å². The molecule has 0 spiro atoms. The number of benzene rings is 2. The maximum Gasteiger partial charge on any atom is 0.329 e. The Morgan fingerprint density at radius 2 is 1.79 bits per heavy atom. The zero-order chi connectivity index (χ0) is 20.4. The van der Waals surface area contributed by atoms with E-state index in [4.69, 9.17) is 0 Å². The van der Waals surface area contributed by atoms with E-state index < -0.39 is 6.03 Å². The number of nitrogens with zero attached hydrogens (tertiary/aromatic N) is 4. The summed E-state index contributed by atoms with van der Waals surface area (Å²) < 4.78 is 1.77. The molecule has 1 fully saturated rings. The van der Waals surface area contributed by atoms with Crippen LogP contribution in [0, 0.1) is 0 Å². The summed E-state index contributed by atoms with van der Waals surface area (Å²) in [7, 11) is 1.72. The van der Waals surface area contributed by atoms with Crippen molar-refractivity contribution in [2.45, 2.75) is 6.54 Å². The molecule has 1 saturated heterocycles. The Morgan fingerprint density at radius 1 is 1.07 bits per heavy atom. The maximum atomic E-state index is 12.7. The molecule has 0 atom stereocenters. The molecule has 1 aliphatic heterocycles. The zero-order valence-electron chi connectivity index (χ0n) is 15.8. The van der Waals surface area contributed by atoms with Gasteiger partial charge in [0.25, 0.3) is 5.91 Å². The third kappa shape index (κ3) is 3.86. The quantitative estimate of drug-likeness (QED) is 0.678. The van der Waals surface area contributed by atoms with E-state index in [1.807, 2.05) is 36.5 Å². The van der Waals surface area contributed by atoms with Crippen molar-refractivity contribution in [3.05, 3.63) is 78.1 Å². The van der Waals surface area contributed by atoms with E-state index in [1.54, 1.807) is 47.1 Å². The molecule has 1 aromatic heterocycles. The molecule has 4 amide bonds. The number of anilines is 1. The molecule has 0 bridgehead atoms. The second-order valence-electron chi connectivity index (χ2n) is 6.78. The van der Waals surface area contributed by atoms with E-state index in [1.165, 1.54) is 4.90 Å². The van der Waals surface area contributed by atoms with E-state index in [0.29, 0.717) is 17.8 Å². The van der Waals surface area contributed by atoms with E-state index in [-0.39, 0.29) is 18.4 Å². The van der Waals surface area contributed by atoms with Gasteiger partial charge in [-0.25, -0.2) is 9.48 Å². The molecule has 2 heterocycles. The average Bonchev–Trinajstić information content (AvgIpc) is 3.34. The number of para-hydroxylation sites is 1. The Kier molecular flexibility index (Phi) is 4.82. The minimum Gasteiger partial charge on any atom is -0.337 e. The molecule has 0 radical (unpaired) electrons. The van der Waals surface area contributed by atoms with Crippen LogP contribution in [-0.2, 0) is 11.3 Å². The Hall–Kier alpha value is -3.94. The lowest BCUT2D eigenvalue weighted by Gasteiger charge is -2.17. The first-order valence-corrected chi connectivity index (χ1v) is 9.07. The van der Waals surface area contributed by atoms with Gasteiger partial charge in [-0.05, 0) is 36.4 Å². The van der Waals surface area contributed by atoms with Crippen molar-refractivity contribution in [2.75, 3.05) is 18.5 Å². The molecule has 1 N–H and O–H groups in total. The number of imide groups is 1. The fourth-order valence-electron chi connectivity index (χ4n) is 3.16. The van der Waals surface area contributed by atoms with Crippen molar-refractivity contribution >= 4 is 23.5 Å².